The molecule has 7 heteroatoms. The van der Waals surface area contributed by atoms with Gasteiger partial charge in [0.2, 0.25) is 11.8 Å². The molecule has 3 amide bonds. The maximum atomic E-state index is 12.5. The van der Waals surface area contributed by atoms with Crippen molar-refractivity contribution in [3.63, 3.8) is 0 Å². The Labute approximate surface area is 176 Å². The smallest absolute Gasteiger partial charge is 0.255 e. The number of benzene rings is 2. The van der Waals surface area contributed by atoms with Crippen molar-refractivity contribution >= 4 is 23.4 Å². The number of para-hydroxylation sites is 2. The van der Waals surface area contributed by atoms with Gasteiger partial charge in [-0.05, 0) is 37.1 Å². The molecule has 2 aromatic carbocycles. The lowest BCUT2D eigenvalue weighted by molar-refractivity contribution is -0.134. The minimum absolute atomic E-state index is 0.00243. The van der Waals surface area contributed by atoms with E-state index in [1.54, 1.807) is 29.2 Å². The van der Waals surface area contributed by atoms with Gasteiger partial charge in [0.05, 0.1) is 12.7 Å². The molecule has 158 valence electrons. The highest BCUT2D eigenvalue weighted by Gasteiger charge is 2.27. The van der Waals surface area contributed by atoms with Gasteiger partial charge < -0.3 is 20.3 Å². The summed E-state index contributed by atoms with van der Waals surface area (Å²) in [5, 5.41) is 5.69. The monoisotopic (exact) mass is 409 g/mol. The zero-order chi connectivity index (χ0) is 21.3. The summed E-state index contributed by atoms with van der Waals surface area (Å²) < 4.78 is 5.19. The fourth-order valence-electron chi connectivity index (χ4n) is 3.53. The van der Waals surface area contributed by atoms with Crippen LogP contribution in [0.1, 0.15) is 29.6 Å². The number of anilines is 1. The summed E-state index contributed by atoms with van der Waals surface area (Å²) in [6.45, 7) is 1.35. The molecule has 1 heterocycles. The Hall–Kier alpha value is -3.35. The number of nitrogens with zero attached hydrogens (tertiary/aromatic N) is 1. The van der Waals surface area contributed by atoms with Gasteiger partial charge in [-0.1, -0.05) is 30.3 Å². The van der Waals surface area contributed by atoms with Gasteiger partial charge in [0.15, 0.2) is 0 Å². The first kappa shape index (κ1) is 21.4. The van der Waals surface area contributed by atoms with E-state index in [-0.39, 0.29) is 36.6 Å². The van der Waals surface area contributed by atoms with Crippen molar-refractivity contribution in [1.82, 2.24) is 10.2 Å². The summed E-state index contributed by atoms with van der Waals surface area (Å²) in [7, 11) is 1.51. The van der Waals surface area contributed by atoms with Crippen molar-refractivity contribution in [2.45, 2.75) is 19.3 Å². The fraction of sp³-hybridized carbons (Fsp3) is 0.348. The van der Waals surface area contributed by atoms with Crippen molar-refractivity contribution in [1.29, 1.82) is 0 Å². The predicted octanol–water partition coefficient (Wildman–Crippen LogP) is 2.69. The van der Waals surface area contributed by atoms with Crippen LogP contribution in [0.2, 0.25) is 0 Å². The number of piperidine rings is 1. The van der Waals surface area contributed by atoms with E-state index in [4.69, 9.17) is 4.74 Å². The molecule has 3 rings (SSSR count). The number of nitrogens with one attached hydrogen (secondary N) is 2. The molecule has 1 saturated heterocycles. The molecule has 0 spiro atoms. The standard InChI is InChI=1S/C23H27N3O4/c1-30-20-10-6-5-9-19(20)23(29)24-14-11-21(27)26-15-12-17(13-16-26)22(28)25-18-7-3-2-4-8-18/h2-10,17H,11-16H2,1H3,(H,24,29)(H,25,28). The number of carbonyl (C=O) groups excluding carboxylic acids is 3. The number of hydrogen-bond donors (Lipinski definition) is 2. The van der Waals surface area contributed by atoms with Crippen LogP contribution < -0.4 is 15.4 Å². The molecule has 1 fully saturated rings. The molecule has 30 heavy (non-hydrogen) atoms. The second-order valence-corrected chi connectivity index (χ2v) is 7.22. The van der Waals surface area contributed by atoms with Crippen LogP contribution in [-0.2, 0) is 9.59 Å². The molecule has 1 aliphatic heterocycles. The summed E-state index contributed by atoms with van der Waals surface area (Å²) in [6.07, 6.45) is 1.50. The minimum atomic E-state index is -0.267. The Morgan fingerprint density at radius 2 is 1.67 bits per heavy atom. The largest absolute Gasteiger partial charge is 0.496 e. The summed E-state index contributed by atoms with van der Waals surface area (Å²) in [5.41, 5.74) is 1.23. The highest BCUT2D eigenvalue weighted by molar-refractivity contribution is 5.97. The molecule has 0 aromatic heterocycles. The lowest BCUT2D eigenvalue weighted by Crippen LogP contribution is -2.42. The van der Waals surface area contributed by atoms with Crippen LogP contribution in [0.4, 0.5) is 5.69 Å². The van der Waals surface area contributed by atoms with Crippen molar-refractivity contribution < 1.29 is 19.1 Å². The topological polar surface area (TPSA) is 87.7 Å². The van der Waals surface area contributed by atoms with Gasteiger partial charge in [0, 0.05) is 37.7 Å². The van der Waals surface area contributed by atoms with Crippen molar-refractivity contribution in [3.05, 3.63) is 60.2 Å². The molecule has 1 aliphatic rings. The lowest BCUT2D eigenvalue weighted by Gasteiger charge is -2.31. The van der Waals surface area contributed by atoms with E-state index in [1.165, 1.54) is 7.11 Å². The van der Waals surface area contributed by atoms with Gasteiger partial charge in [-0.3, -0.25) is 14.4 Å². The van der Waals surface area contributed by atoms with Crippen LogP contribution in [0, 0.1) is 5.92 Å². The maximum absolute atomic E-state index is 12.5. The van der Waals surface area contributed by atoms with Crippen LogP contribution in [0.5, 0.6) is 5.75 Å². The summed E-state index contributed by atoms with van der Waals surface area (Å²) in [5.74, 6) is 0.114. The first-order valence-electron chi connectivity index (χ1n) is 10.1. The number of likely N-dealkylation sites (tertiary alicyclic amines) is 1. The van der Waals surface area contributed by atoms with E-state index in [0.717, 1.165) is 5.69 Å². The molecule has 0 bridgehead atoms. The van der Waals surface area contributed by atoms with E-state index in [0.29, 0.717) is 37.2 Å². The zero-order valence-electron chi connectivity index (χ0n) is 17.1. The SMILES string of the molecule is COc1ccccc1C(=O)NCCC(=O)N1CCC(C(=O)Nc2ccccc2)CC1. The number of ether oxygens (including phenoxy) is 1. The van der Waals surface area contributed by atoms with E-state index in [2.05, 4.69) is 10.6 Å². The number of methoxy groups -OCH3 is 1. The molecule has 0 saturated carbocycles. The Bertz CT molecular complexity index is 877. The Kier molecular flexibility index (Phi) is 7.43. The molecule has 7 nitrogen and oxygen atoms in total. The van der Waals surface area contributed by atoms with Crippen LogP contribution in [-0.4, -0.2) is 49.4 Å². The fourth-order valence-corrected chi connectivity index (χ4v) is 3.53. The molecule has 2 aromatic rings. The molecule has 0 unspecified atom stereocenters. The first-order chi connectivity index (χ1) is 14.6. The van der Waals surface area contributed by atoms with Gasteiger partial charge in [-0.25, -0.2) is 0 Å². The number of carbonyl (C=O) groups is 3. The molecule has 0 atom stereocenters. The van der Waals surface area contributed by atoms with Gasteiger partial charge in [-0.15, -0.1) is 0 Å². The average molecular weight is 409 g/mol. The maximum Gasteiger partial charge on any atom is 0.255 e. The van der Waals surface area contributed by atoms with Gasteiger partial charge in [0.1, 0.15) is 5.75 Å². The number of rotatable bonds is 7. The normalized spacial score (nSPS) is 14.1. The van der Waals surface area contributed by atoms with E-state index in [1.807, 2.05) is 30.3 Å². The van der Waals surface area contributed by atoms with Crippen LogP contribution in [0.15, 0.2) is 54.6 Å². The van der Waals surface area contributed by atoms with E-state index < -0.39 is 0 Å². The van der Waals surface area contributed by atoms with Gasteiger partial charge >= 0.3 is 0 Å². The highest BCUT2D eigenvalue weighted by atomic mass is 16.5. The molecule has 0 radical (unpaired) electrons. The summed E-state index contributed by atoms with van der Waals surface area (Å²) >= 11 is 0. The third-order valence-corrected chi connectivity index (χ3v) is 5.24. The number of amides is 3. The number of hydrogen-bond acceptors (Lipinski definition) is 4. The van der Waals surface area contributed by atoms with Crippen LogP contribution in [0.3, 0.4) is 0 Å². The van der Waals surface area contributed by atoms with Crippen LogP contribution >= 0.6 is 0 Å². The Balaban J connectivity index is 1.40. The molecule has 0 aliphatic carbocycles. The lowest BCUT2D eigenvalue weighted by atomic mass is 9.95. The summed E-state index contributed by atoms with van der Waals surface area (Å²) in [6, 6.07) is 16.3. The second kappa shape index (κ2) is 10.4. The van der Waals surface area contributed by atoms with Crippen LogP contribution in [0.25, 0.3) is 0 Å². The Morgan fingerprint density at radius 3 is 2.37 bits per heavy atom. The van der Waals surface area contributed by atoms with Crippen molar-refractivity contribution in [3.8, 4) is 5.75 Å². The highest BCUT2D eigenvalue weighted by Crippen LogP contribution is 2.20. The zero-order valence-corrected chi connectivity index (χ0v) is 17.1. The average Bonchev–Trinajstić information content (AvgIpc) is 2.79. The molecular weight excluding hydrogens is 382 g/mol. The quantitative estimate of drug-likeness (QED) is 0.736. The third-order valence-electron chi connectivity index (χ3n) is 5.24. The van der Waals surface area contributed by atoms with E-state index in [9.17, 15) is 14.4 Å². The predicted molar refractivity (Wildman–Crippen MR) is 114 cm³/mol. The minimum Gasteiger partial charge on any atom is -0.496 e. The molecular formula is C23H27N3O4. The van der Waals surface area contributed by atoms with Gasteiger partial charge in [0.25, 0.3) is 5.91 Å². The molecule has 2 N–H and O–H groups in total. The second-order valence-electron chi connectivity index (χ2n) is 7.22. The van der Waals surface area contributed by atoms with Crippen molar-refractivity contribution in [2.24, 2.45) is 5.92 Å². The summed E-state index contributed by atoms with van der Waals surface area (Å²) in [4.78, 5) is 38.9. The van der Waals surface area contributed by atoms with E-state index >= 15 is 0 Å². The van der Waals surface area contributed by atoms with Gasteiger partial charge in [-0.2, -0.15) is 0 Å². The Morgan fingerprint density at radius 1 is 1.00 bits per heavy atom. The first-order valence-corrected chi connectivity index (χ1v) is 10.1. The van der Waals surface area contributed by atoms with Crippen molar-refractivity contribution in [2.75, 3.05) is 32.1 Å². The third kappa shape index (κ3) is 5.59.